The van der Waals surface area contributed by atoms with Crippen molar-refractivity contribution in [2.45, 2.75) is 6.42 Å². The van der Waals surface area contributed by atoms with E-state index in [1.807, 2.05) is 0 Å². The maximum Gasteiger partial charge on any atom is 0.171 e. The number of carbonyl (C=O) groups is 1. The Kier molecular flexibility index (Phi) is 4.96. The van der Waals surface area contributed by atoms with Crippen molar-refractivity contribution in [3.8, 4) is 11.5 Å². The van der Waals surface area contributed by atoms with E-state index in [0.29, 0.717) is 27.1 Å². The monoisotopic (exact) mass is 352 g/mol. The Bertz CT molecular complexity index is 671. The van der Waals surface area contributed by atoms with Crippen LogP contribution in [0.4, 0.5) is 4.39 Å². The van der Waals surface area contributed by atoms with Crippen molar-refractivity contribution in [2.24, 2.45) is 0 Å². The number of halogens is 2. The summed E-state index contributed by atoms with van der Waals surface area (Å²) in [6.07, 6.45) is -0.0339. The highest BCUT2D eigenvalue weighted by atomic mass is 79.9. The summed E-state index contributed by atoms with van der Waals surface area (Å²) >= 11 is 3.33. The number of benzene rings is 2. The zero-order valence-corrected chi connectivity index (χ0v) is 13.2. The molecule has 0 aliphatic carbocycles. The first-order chi connectivity index (χ1) is 10.1. The van der Waals surface area contributed by atoms with E-state index in [9.17, 15) is 9.18 Å². The minimum Gasteiger partial charge on any atom is -0.496 e. The molecule has 0 heterocycles. The van der Waals surface area contributed by atoms with E-state index in [2.05, 4.69) is 15.9 Å². The lowest BCUT2D eigenvalue weighted by Gasteiger charge is -2.11. The van der Waals surface area contributed by atoms with Gasteiger partial charge in [-0.2, -0.15) is 0 Å². The van der Waals surface area contributed by atoms with Crippen LogP contribution in [0.3, 0.4) is 0 Å². The molecular formula is C16H14BrFO3. The van der Waals surface area contributed by atoms with Gasteiger partial charge in [0.15, 0.2) is 5.78 Å². The average molecular weight is 353 g/mol. The van der Waals surface area contributed by atoms with Gasteiger partial charge in [0.1, 0.15) is 17.3 Å². The third-order valence-corrected chi connectivity index (χ3v) is 3.70. The number of rotatable bonds is 5. The van der Waals surface area contributed by atoms with Gasteiger partial charge in [-0.25, -0.2) is 4.39 Å². The maximum absolute atomic E-state index is 13.6. The van der Waals surface area contributed by atoms with Crippen molar-refractivity contribution in [3.05, 3.63) is 57.8 Å². The molecule has 5 heteroatoms. The van der Waals surface area contributed by atoms with Crippen LogP contribution in [0, 0.1) is 5.82 Å². The topological polar surface area (TPSA) is 35.5 Å². The summed E-state index contributed by atoms with van der Waals surface area (Å²) in [5.74, 6) is 0.313. The first-order valence-electron chi connectivity index (χ1n) is 6.25. The van der Waals surface area contributed by atoms with Crippen molar-refractivity contribution in [1.29, 1.82) is 0 Å². The summed E-state index contributed by atoms with van der Waals surface area (Å²) in [4.78, 5) is 12.4. The number of ketones is 1. The third-order valence-electron chi connectivity index (χ3n) is 3.08. The van der Waals surface area contributed by atoms with Crippen LogP contribution in [0.5, 0.6) is 11.5 Å². The molecular weight excluding hydrogens is 339 g/mol. The summed E-state index contributed by atoms with van der Waals surface area (Å²) < 4.78 is 24.7. The van der Waals surface area contributed by atoms with E-state index in [-0.39, 0.29) is 12.2 Å². The number of hydrogen-bond acceptors (Lipinski definition) is 3. The molecule has 0 spiro atoms. The summed E-state index contributed by atoms with van der Waals surface area (Å²) in [6.45, 7) is 0. The number of Topliss-reactive ketones (excluding diaryl/α,β-unsaturated/α-hetero) is 1. The second kappa shape index (κ2) is 6.72. The predicted molar refractivity (Wildman–Crippen MR) is 81.7 cm³/mol. The Labute approximate surface area is 130 Å². The SMILES string of the molecule is COc1cc(C(=O)Cc2ccccc2F)c(OC)cc1Br. The summed E-state index contributed by atoms with van der Waals surface area (Å²) in [5, 5.41) is 0. The number of carbonyl (C=O) groups excluding carboxylic acids is 1. The van der Waals surface area contributed by atoms with Gasteiger partial charge >= 0.3 is 0 Å². The molecule has 0 unspecified atom stereocenters. The standard InChI is InChI=1S/C16H14BrFO3/c1-20-15-9-12(17)16(21-2)8-11(15)14(19)7-10-5-3-4-6-13(10)18/h3-6,8-9H,7H2,1-2H3. The van der Waals surface area contributed by atoms with Crippen LogP contribution in [0.15, 0.2) is 40.9 Å². The van der Waals surface area contributed by atoms with Gasteiger partial charge in [-0.15, -0.1) is 0 Å². The van der Waals surface area contributed by atoms with Crippen molar-refractivity contribution in [3.63, 3.8) is 0 Å². The molecule has 0 saturated carbocycles. The van der Waals surface area contributed by atoms with Crippen molar-refractivity contribution < 1.29 is 18.7 Å². The molecule has 2 aromatic carbocycles. The van der Waals surface area contributed by atoms with Crippen LogP contribution in [0.2, 0.25) is 0 Å². The van der Waals surface area contributed by atoms with Gasteiger partial charge in [-0.1, -0.05) is 18.2 Å². The minimum atomic E-state index is -0.395. The fourth-order valence-electron chi connectivity index (χ4n) is 1.99. The summed E-state index contributed by atoms with van der Waals surface area (Å²) in [7, 11) is 2.99. The molecule has 0 saturated heterocycles. The van der Waals surface area contributed by atoms with Crippen LogP contribution >= 0.6 is 15.9 Å². The number of ether oxygens (including phenoxy) is 2. The Balaban J connectivity index is 2.36. The van der Waals surface area contributed by atoms with Gasteiger partial charge in [0.25, 0.3) is 0 Å². The normalized spacial score (nSPS) is 10.3. The Morgan fingerprint density at radius 1 is 1.14 bits per heavy atom. The van der Waals surface area contributed by atoms with Crippen LogP contribution in [0.1, 0.15) is 15.9 Å². The van der Waals surface area contributed by atoms with Crippen LogP contribution < -0.4 is 9.47 Å². The van der Waals surface area contributed by atoms with Crippen LogP contribution in [0.25, 0.3) is 0 Å². The molecule has 0 bridgehead atoms. The molecule has 0 aromatic heterocycles. The summed E-state index contributed by atoms with van der Waals surface area (Å²) in [5.41, 5.74) is 0.715. The molecule has 0 atom stereocenters. The molecule has 0 aliphatic rings. The Morgan fingerprint density at radius 3 is 2.43 bits per heavy atom. The average Bonchev–Trinajstić information content (AvgIpc) is 2.49. The van der Waals surface area contributed by atoms with Gasteiger partial charge in [0.2, 0.25) is 0 Å². The lowest BCUT2D eigenvalue weighted by molar-refractivity contribution is 0.0988. The predicted octanol–water partition coefficient (Wildman–Crippen LogP) is 4.03. The summed E-state index contributed by atoms with van der Waals surface area (Å²) in [6, 6.07) is 9.47. The molecule has 2 aromatic rings. The number of hydrogen-bond donors (Lipinski definition) is 0. The molecule has 2 rings (SSSR count). The Hall–Kier alpha value is -1.88. The molecule has 21 heavy (non-hydrogen) atoms. The molecule has 0 radical (unpaired) electrons. The van der Waals surface area contributed by atoms with Gasteiger partial charge in [0.05, 0.1) is 24.3 Å². The van der Waals surface area contributed by atoms with Crippen molar-refractivity contribution in [2.75, 3.05) is 14.2 Å². The molecule has 0 amide bonds. The fraction of sp³-hybridized carbons (Fsp3) is 0.188. The lowest BCUT2D eigenvalue weighted by Crippen LogP contribution is -2.07. The van der Waals surface area contributed by atoms with E-state index in [1.165, 1.54) is 20.3 Å². The molecule has 3 nitrogen and oxygen atoms in total. The van der Waals surface area contributed by atoms with Gasteiger partial charge in [-0.05, 0) is 39.7 Å². The molecule has 0 fully saturated rings. The van der Waals surface area contributed by atoms with Crippen molar-refractivity contribution in [1.82, 2.24) is 0 Å². The highest BCUT2D eigenvalue weighted by molar-refractivity contribution is 9.10. The second-order valence-electron chi connectivity index (χ2n) is 4.38. The highest BCUT2D eigenvalue weighted by Gasteiger charge is 2.17. The van der Waals surface area contributed by atoms with Gasteiger partial charge < -0.3 is 9.47 Å². The highest BCUT2D eigenvalue weighted by Crippen LogP contribution is 2.33. The van der Waals surface area contributed by atoms with E-state index in [4.69, 9.17) is 9.47 Å². The van der Waals surface area contributed by atoms with Crippen molar-refractivity contribution >= 4 is 21.7 Å². The van der Waals surface area contributed by atoms with Gasteiger partial charge in [-0.3, -0.25) is 4.79 Å². The fourth-order valence-corrected chi connectivity index (χ4v) is 2.47. The van der Waals surface area contributed by atoms with E-state index >= 15 is 0 Å². The first kappa shape index (κ1) is 15.5. The maximum atomic E-state index is 13.6. The van der Waals surface area contributed by atoms with E-state index in [1.54, 1.807) is 30.3 Å². The molecule has 0 N–H and O–H groups in total. The smallest absolute Gasteiger partial charge is 0.171 e. The van der Waals surface area contributed by atoms with E-state index < -0.39 is 5.82 Å². The quantitative estimate of drug-likeness (QED) is 0.762. The van der Waals surface area contributed by atoms with E-state index in [0.717, 1.165) is 0 Å². The largest absolute Gasteiger partial charge is 0.496 e. The first-order valence-corrected chi connectivity index (χ1v) is 7.04. The third kappa shape index (κ3) is 3.42. The zero-order chi connectivity index (χ0) is 15.4. The van der Waals surface area contributed by atoms with Crippen LogP contribution in [-0.4, -0.2) is 20.0 Å². The molecule has 110 valence electrons. The van der Waals surface area contributed by atoms with Gasteiger partial charge in [0, 0.05) is 6.42 Å². The lowest BCUT2D eigenvalue weighted by atomic mass is 10.0. The second-order valence-corrected chi connectivity index (χ2v) is 5.23. The van der Waals surface area contributed by atoms with Crippen LogP contribution in [-0.2, 0) is 6.42 Å². The minimum absolute atomic E-state index is 0.0339. The molecule has 0 aliphatic heterocycles. The Morgan fingerprint density at radius 2 is 1.81 bits per heavy atom. The zero-order valence-electron chi connectivity index (χ0n) is 11.7. The number of methoxy groups -OCH3 is 2.